The van der Waals surface area contributed by atoms with Gasteiger partial charge >= 0.3 is 6.18 Å². The summed E-state index contributed by atoms with van der Waals surface area (Å²) < 4.78 is 40.7. The van der Waals surface area contributed by atoms with Crippen molar-refractivity contribution >= 4 is 17.6 Å². The Morgan fingerprint density at radius 2 is 2.14 bits per heavy atom. The van der Waals surface area contributed by atoms with Gasteiger partial charge in [0.15, 0.2) is 5.41 Å². The van der Waals surface area contributed by atoms with Crippen molar-refractivity contribution in [3.8, 4) is 6.07 Å². The Morgan fingerprint density at radius 1 is 1.45 bits per heavy atom. The molecule has 1 fully saturated rings. The molecule has 118 valence electrons. The predicted molar refractivity (Wildman–Crippen MR) is 73.8 cm³/mol. The number of hydrazine groups is 1. The lowest BCUT2D eigenvalue weighted by Crippen LogP contribution is -2.38. The minimum absolute atomic E-state index is 0.0178. The maximum Gasteiger partial charge on any atom is 0.416 e. The average molecular weight is 333 g/mol. The summed E-state index contributed by atoms with van der Waals surface area (Å²) in [6.45, 7) is -0.553. The van der Waals surface area contributed by atoms with Gasteiger partial charge in [0.1, 0.15) is 5.84 Å². The number of alkyl halides is 3. The Bertz CT molecular complexity index is 628. The number of nitrogens with zero attached hydrogens (tertiary/aromatic N) is 3. The molecule has 9 heteroatoms. The smallest absolute Gasteiger partial charge is 0.394 e. The zero-order valence-corrected chi connectivity index (χ0v) is 12.0. The van der Waals surface area contributed by atoms with E-state index in [-0.39, 0.29) is 31.1 Å². The van der Waals surface area contributed by atoms with Crippen molar-refractivity contribution in [2.24, 2.45) is 4.99 Å². The number of aliphatic hydroxyl groups excluding tert-OH is 1. The number of amidine groups is 1. The summed E-state index contributed by atoms with van der Waals surface area (Å²) in [7, 11) is 0. The molecule has 0 bridgehead atoms. The second-order valence-corrected chi connectivity index (χ2v) is 5.05. The Kier molecular flexibility index (Phi) is 4.60. The molecule has 1 unspecified atom stereocenters. The van der Waals surface area contributed by atoms with Crippen molar-refractivity contribution in [2.45, 2.75) is 11.6 Å². The summed E-state index contributed by atoms with van der Waals surface area (Å²) in [5.74, 6) is -0.0178. The van der Waals surface area contributed by atoms with Crippen molar-refractivity contribution in [1.82, 2.24) is 9.95 Å². The first-order valence-corrected chi connectivity index (χ1v) is 6.62. The zero-order valence-electron chi connectivity index (χ0n) is 11.2. The fourth-order valence-corrected chi connectivity index (χ4v) is 2.59. The standard InChI is InChI=1S/C13H12ClF3N4O/c14-21-8-12(7-18,11(20-21)19-5-6-22)9-3-1-2-4-10(9)13(15,16)17/h1-4,22H,5-6,8H2,(H,19,20). The number of rotatable bonds is 3. The number of halogens is 4. The number of hydrogen-bond donors (Lipinski definition) is 2. The van der Waals surface area contributed by atoms with Gasteiger partial charge in [-0.25, -0.2) is 0 Å². The van der Waals surface area contributed by atoms with Crippen LogP contribution in [0.5, 0.6) is 0 Å². The molecule has 0 amide bonds. The van der Waals surface area contributed by atoms with Crippen LogP contribution in [0.15, 0.2) is 29.3 Å². The predicted octanol–water partition coefficient (Wildman–Crippen LogP) is 1.83. The second kappa shape index (κ2) is 6.12. The third-order valence-electron chi connectivity index (χ3n) is 3.26. The first-order chi connectivity index (χ1) is 10.3. The monoisotopic (exact) mass is 332 g/mol. The molecule has 1 aromatic carbocycles. The van der Waals surface area contributed by atoms with E-state index in [0.29, 0.717) is 0 Å². The van der Waals surface area contributed by atoms with Crippen LogP contribution in [-0.4, -0.2) is 35.2 Å². The van der Waals surface area contributed by atoms with Crippen molar-refractivity contribution in [2.75, 3.05) is 19.7 Å². The fourth-order valence-electron chi connectivity index (χ4n) is 2.33. The van der Waals surface area contributed by atoms with E-state index in [1.807, 2.05) is 6.07 Å². The number of nitriles is 1. The lowest BCUT2D eigenvalue weighted by Gasteiger charge is -2.24. The highest BCUT2D eigenvalue weighted by atomic mass is 35.5. The van der Waals surface area contributed by atoms with Gasteiger partial charge in [0.2, 0.25) is 0 Å². The second-order valence-electron chi connectivity index (χ2n) is 4.65. The third-order valence-corrected chi connectivity index (χ3v) is 3.46. The molecule has 0 radical (unpaired) electrons. The van der Waals surface area contributed by atoms with E-state index in [9.17, 15) is 18.4 Å². The molecule has 5 nitrogen and oxygen atoms in total. The molecule has 1 aromatic rings. The third kappa shape index (κ3) is 2.88. The summed E-state index contributed by atoms with van der Waals surface area (Å²) in [6.07, 6.45) is -4.61. The highest BCUT2D eigenvalue weighted by Gasteiger charge is 2.50. The van der Waals surface area contributed by atoms with Gasteiger partial charge in [0, 0.05) is 0 Å². The van der Waals surface area contributed by atoms with Crippen LogP contribution in [0.3, 0.4) is 0 Å². The minimum atomic E-state index is -4.61. The molecular weight excluding hydrogens is 321 g/mol. The number of nitrogens with one attached hydrogen (secondary N) is 1. The van der Waals surface area contributed by atoms with Gasteiger partial charge in [0.05, 0.1) is 31.3 Å². The summed E-state index contributed by atoms with van der Waals surface area (Å²) in [4.78, 5) is 3.96. The lowest BCUT2D eigenvalue weighted by atomic mass is 9.79. The molecule has 0 spiro atoms. The Morgan fingerprint density at radius 3 is 2.73 bits per heavy atom. The quantitative estimate of drug-likeness (QED) is 0.828. The van der Waals surface area contributed by atoms with Gasteiger partial charge in [0.25, 0.3) is 0 Å². The van der Waals surface area contributed by atoms with Gasteiger partial charge in [-0.05, 0) is 23.4 Å². The van der Waals surface area contributed by atoms with Gasteiger partial charge in [-0.15, -0.1) is 4.53 Å². The number of aliphatic imine (C=N–C) groups is 1. The molecule has 1 heterocycles. The van der Waals surface area contributed by atoms with Crippen LogP contribution in [-0.2, 0) is 11.6 Å². The molecule has 2 rings (SSSR count). The maximum absolute atomic E-state index is 13.2. The highest BCUT2D eigenvalue weighted by Crippen LogP contribution is 2.40. The van der Waals surface area contributed by atoms with Crippen LogP contribution in [0.4, 0.5) is 13.2 Å². The molecule has 0 aliphatic carbocycles. The Hall–Kier alpha value is -1.82. The molecule has 1 saturated heterocycles. The molecule has 1 aliphatic heterocycles. The molecule has 2 N–H and O–H groups in total. The minimum Gasteiger partial charge on any atom is -0.394 e. The Labute approximate surface area is 129 Å². The van der Waals surface area contributed by atoms with Gasteiger partial charge < -0.3 is 5.11 Å². The van der Waals surface area contributed by atoms with E-state index in [0.717, 1.165) is 10.6 Å². The van der Waals surface area contributed by atoms with Crippen LogP contribution in [0, 0.1) is 11.3 Å². The first kappa shape index (κ1) is 16.5. The summed E-state index contributed by atoms with van der Waals surface area (Å²) in [5.41, 5.74) is -0.262. The van der Waals surface area contributed by atoms with E-state index in [4.69, 9.17) is 16.9 Å². The maximum atomic E-state index is 13.2. The van der Waals surface area contributed by atoms with Crippen LogP contribution < -0.4 is 5.43 Å². The summed E-state index contributed by atoms with van der Waals surface area (Å²) in [5, 5.41) is 18.4. The topological polar surface area (TPSA) is 71.7 Å². The van der Waals surface area contributed by atoms with Crippen molar-refractivity contribution in [1.29, 1.82) is 5.26 Å². The van der Waals surface area contributed by atoms with E-state index < -0.39 is 17.2 Å². The molecule has 1 aliphatic rings. The van der Waals surface area contributed by atoms with E-state index >= 15 is 0 Å². The summed E-state index contributed by atoms with van der Waals surface area (Å²) >= 11 is 5.81. The highest BCUT2D eigenvalue weighted by molar-refractivity contribution is 6.16. The van der Waals surface area contributed by atoms with Crippen molar-refractivity contribution < 1.29 is 18.3 Å². The number of hydrogen-bond acceptors (Lipinski definition) is 4. The molecular formula is C13H12ClF3N4O. The summed E-state index contributed by atoms with van der Waals surface area (Å²) in [6, 6.07) is 6.71. The first-order valence-electron chi connectivity index (χ1n) is 6.29. The van der Waals surface area contributed by atoms with Crippen molar-refractivity contribution in [3.63, 3.8) is 0 Å². The van der Waals surface area contributed by atoms with Gasteiger partial charge in [-0.3, -0.25) is 10.4 Å². The molecule has 22 heavy (non-hydrogen) atoms. The van der Waals surface area contributed by atoms with Crippen LogP contribution in [0.25, 0.3) is 0 Å². The van der Waals surface area contributed by atoms with Crippen LogP contribution in [0.1, 0.15) is 11.1 Å². The van der Waals surface area contributed by atoms with E-state index in [2.05, 4.69) is 10.4 Å². The van der Waals surface area contributed by atoms with Crippen LogP contribution in [0.2, 0.25) is 0 Å². The fraction of sp³-hybridized carbons (Fsp3) is 0.385. The van der Waals surface area contributed by atoms with E-state index in [1.54, 1.807) is 0 Å². The average Bonchev–Trinajstić information content (AvgIpc) is 2.81. The largest absolute Gasteiger partial charge is 0.416 e. The van der Waals surface area contributed by atoms with E-state index in [1.165, 1.54) is 18.2 Å². The zero-order chi connectivity index (χ0) is 16.4. The Balaban J connectivity index is 2.63. The molecule has 0 aromatic heterocycles. The van der Waals surface area contributed by atoms with Gasteiger partial charge in [-0.2, -0.15) is 18.4 Å². The van der Waals surface area contributed by atoms with Crippen molar-refractivity contribution in [3.05, 3.63) is 35.4 Å². The normalized spacial score (nSPS) is 24.3. The lowest BCUT2D eigenvalue weighted by molar-refractivity contribution is -0.138. The molecule has 1 atom stereocenters. The van der Waals surface area contributed by atoms with Gasteiger partial charge in [-0.1, -0.05) is 18.2 Å². The number of aliphatic hydroxyl groups is 1. The van der Waals surface area contributed by atoms with Crippen LogP contribution >= 0.6 is 11.8 Å². The number of benzene rings is 1. The SMILES string of the molecule is N#CC1(c2ccccc2C(F)(F)F)CN(Cl)NC1=NCCO. The molecule has 0 saturated carbocycles.